The maximum Gasteiger partial charge on any atom is 0.306 e. The lowest BCUT2D eigenvalue weighted by Crippen LogP contribution is -2.15. The summed E-state index contributed by atoms with van der Waals surface area (Å²) in [5.74, 6) is 0.541. The molecule has 1 aromatic carbocycles. The molecule has 0 aromatic heterocycles. The van der Waals surface area contributed by atoms with Crippen molar-refractivity contribution in [1.29, 1.82) is 0 Å². The Labute approximate surface area is 121 Å². The Morgan fingerprint density at radius 2 is 2.00 bits per heavy atom. The molecular formula is C14H19BrO4. The van der Waals surface area contributed by atoms with Gasteiger partial charge in [0.1, 0.15) is 11.5 Å². The summed E-state index contributed by atoms with van der Waals surface area (Å²) >= 11 is 3.45. The van der Waals surface area contributed by atoms with E-state index in [2.05, 4.69) is 36.7 Å². The van der Waals surface area contributed by atoms with Crippen molar-refractivity contribution < 1.29 is 19.4 Å². The third-order valence-electron chi connectivity index (χ3n) is 2.62. The van der Waals surface area contributed by atoms with Crippen molar-refractivity contribution in [2.24, 2.45) is 0 Å². The maximum atomic E-state index is 10.5. The number of rotatable bonds is 5. The van der Waals surface area contributed by atoms with Gasteiger partial charge in [-0.2, -0.15) is 0 Å². The molecule has 0 amide bonds. The summed E-state index contributed by atoms with van der Waals surface area (Å²) in [5, 5.41) is 8.66. The number of benzene rings is 1. The molecule has 19 heavy (non-hydrogen) atoms. The van der Waals surface area contributed by atoms with E-state index in [9.17, 15) is 4.79 Å². The second kappa shape index (κ2) is 6.28. The summed E-state index contributed by atoms with van der Waals surface area (Å²) in [7, 11) is 1.61. The van der Waals surface area contributed by atoms with Gasteiger partial charge in [-0.05, 0) is 33.5 Å². The normalized spacial score (nSPS) is 11.2. The fourth-order valence-electron chi connectivity index (χ4n) is 1.63. The molecule has 0 aliphatic carbocycles. The zero-order valence-corrected chi connectivity index (χ0v) is 13.2. The number of ether oxygens (including phenoxy) is 2. The molecule has 0 heterocycles. The number of hydrogen-bond acceptors (Lipinski definition) is 3. The van der Waals surface area contributed by atoms with Crippen LogP contribution in [0, 0.1) is 0 Å². The van der Waals surface area contributed by atoms with E-state index >= 15 is 0 Å². The lowest BCUT2D eigenvalue weighted by atomic mass is 9.86. The molecule has 0 spiro atoms. The predicted octanol–water partition coefficient (Wildman–Crippen LogP) is 3.61. The molecular weight excluding hydrogens is 312 g/mol. The van der Waals surface area contributed by atoms with Crippen LogP contribution in [0.2, 0.25) is 0 Å². The number of methoxy groups -OCH3 is 1. The largest absolute Gasteiger partial charge is 0.497 e. The van der Waals surface area contributed by atoms with E-state index in [-0.39, 0.29) is 18.4 Å². The smallest absolute Gasteiger partial charge is 0.306 e. The Morgan fingerprint density at radius 1 is 1.37 bits per heavy atom. The van der Waals surface area contributed by atoms with Crippen molar-refractivity contribution in [3.63, 3.8) is 0 Å². The summed E-state index contributed by atoms with van der Waals surface area (Å²) in [6.07, 6.45) is -0.0257. The van der Waals surface area contributed by atoms with Crippen LogP contribution in [0.4, 0.5) is 0 Å². The van der Waals surface area contributed by atoms with Gasteiger partial charge in [0.25, 0.3) is 0 Å². The molecule has 0 atom stereocenters. The average molecular weight is 331 g/mol. The lowest BCUT2D eigenvalue weighted by Gasteiger charge is -2.24. The van der Waals surface area contributed by atoms with Gasteiger partial charge in [-0.25, -0.2) is 0 Å². The first-order chi connectivity index (χ1) is 8.75. The van der Waals surface area contributed by atoms with Crippen LogP contribution in [0.15, 0.2) is 16.6 Å². The van der Waals surface area contributed by atoms with Crippen molar-refractivity contribution in [1.82, 2.24) is 0 Å². The van der Waals surface area contributed by atoms with E-state index in [4.69, 9.17) is 14.6 Å². The van der Waals surface area contributed by atoms with E-state index in [0.717, 1.165) is 15.8 Å². The molecule has 0 bridgehead atoms. The molecule has 1 rings (SSSR count). The molecule has 5 heteroatoms. The van der Waals surface area contributed by atoms with Gasteiger partial charge in [0.2, 0.25) is 0 Å². The molecule has 0 unspecified atom stereocenters. The first-order valence-corrected chi connectivity index (χ1v) is 6.77. The van der Waals surface area contributed by atoms with Crippen LogP contribution in [0.1, 0.15) is 32.8 Å². The lowest BCUT2D eigenvalue weighted by molar-refractivity contribution is -0.137. The fourth-order valence-corrected chi connectivity index (χ4v) is 2.18. The van der Waals surface area contributed by atoms with E-state index in [1.807, 2.05) is 12.1 Å². The topological polar surface area (TPSA) is 55.8 Å². The van der Waals surface area contributed by atoms with Crippen LogP contribution in [-0.2, 0) is 10.2 Å². The first kappa shape index (κ1) is 15.8. The fraction of sp³-hybridized carbons (Fsp3) is 0.500. The van der Waals surface area contributed by atoms with Crippen LogP contribution in [0.25, 0.3) is 0 Å². The highest BCUT2D eigenvalue weighted by Gasteiger charge is 2.22. The molecule has 1 N–H and O–H groups in total. The maximum absolute atomic E-state index is 10.5. The summed E-state index contributed by atoms with van der Waals surface area (Å²) in [6, 6.07) is 3.73. The molecule has 0 fully saturated rings. The highest BCUT2D eigenvalue weighted by atomic mass is 79.9. The number of carbonyl (C=O) groups is 1. The second-order valence-electron chi connectivity index (χ2n) is 5.23. The van der Waals surface area contributed by atoms with Gasteiger partial charge in [-0.3, -0.25) is 4.79 Å². The van der Waals surface area contributed by atoms with Gasteiger partial charge >= 0.3 is 5.97 Å². The third kappa shape index (κ3) is 4.42. The van der Waals surface area contributed by atoms with Gasteiger partial charge < -0.3 is 14.6 Å². The van der Waals surface area contributed by atoms with Crippen molar-refractivity contribution in [2.45, 2.75) is 32.6 Å². The molecule has 0 saturated carbocycles. The highest BCUT2D eigenvalue weighted by Crippen LogP contribution is 2.40. The summed E-state index contributed by atoms with van der Waals surface area (Å²) in [6.45, 7) is 6.35. The first-order valence-electron chi connectivity index (χ1n) is 5.98. The highest BCUT2D eigenvalue weighted by molar-refractivity contribution is 9.10. The van der Waals surface area contributed by atoms with Crippen molar-refractivity contribution >= 4 is 21.9 Å². The quantitative estimate of drug-likeness (QED) is 0.895. The van der Waals surface area contributed by atoms with Crippen molar-refractivity contribution in [2.75, 3.05) is 13.7 Å². The number of carboxylic acids is 1. The summed E-state index contributed by atoms with van der Waals surface area (Å²) in [5.41, 5.74) is 0.847. The Hall–Kier alpha value is -1.23. The van der Waals surface area contributed by atoms with Crippen LogP contribution in [0.3, 0.4) is 0 Å². The van der Waals surface area contributed by atoms with E-state index in [0.29, 0.717) is 5.75 Å². The van der Waals surface area contributed by atoms with E-state index in [1.165, 1.54) is 0 Å². The molecule has 1 aromatic rings. The zero-order chi connectivity index (χ0) is 14.6. The Morgan fingerprint density at radius 3 is 2.47 bits per heavy atom. The summed E-state index contributed by atoms with van der Waals surface area (Å²) < 4.78 is 11.6. The Kier molecular flexibility index (Phi) is 5.23. The zero-order valence-electron chi connectivity index (χ0n) is 11.6. The molecule has 0 radical (unpaired) electrons. The number of aliphatic carboxylic acids is 1. The van der Waals surface area contributed by atoms with Crippen LogP contribution >= 0.6 is 15.9 Å². The molecule has 0 saturated heterocycles. The van der Waals surface area contributed by atoms with Crippen LogP contribution < -0.4 is 9.47 Å². The Bertz CT molecular complexity index is 463. The SMILES string of the molecule is COc1cc(Br)c(OCCC(=O)O)c(C(C)(C)C)c1. The standard InChI is InChI=1S/C14H19BrO4/c1-14(2,3)10-7-9(18-4)8-11(15)13(10)19-6-5-12(16)17/h7-8H,5-6H2,1-4H3,(H,16,17). The monoisotopic (exact) mass is 330 g/mol. The minimum absolute atomic E-state index is 0.0257. The molecule has 0 aliphatic rings. The van der Waals surface area contributed by atoms with Gasteiger partial charge in [0.15, 0.2) is 0 Å². The molecule has 4 nitrogen and oxygen atoms in total. The van der Waals surface area contributed by atoms with Gasteiger partial charge in [-0.15, -0.1) is 0 Å². The van der Waals surface area contributed by atoms with Crippen LogP contribution in [0.5, 0.6) is 11.5 Å². The Balaban J connectivity index is 3.10. The minimum atomic E-state index is -0.873. The van der Waals surface area contributed by atoms with Crippen molar-refractivity contribution in [3.05, 3.63) is 22.2 Å². The predicted molar refractivity (Wildman–Crippen MR) is 77.1 cm³/mol. The van der Waals surface area contributed by atoms with Gasteiger partial charge in [0, 0.05) is 5.56 Å². The average Bonchev–Trinajstić information content (AvgIpc) is 2.28. The molecule has 106 valence electrons. The van der Waals surface area contributed by atoms with Gasteiger partial charge in [-0.1, -0.05) is 20.8 Å². The van der Waals surface area contributed by atoms with E-state index in [1.54, 1.807) is 7.11 Å². The van der Waals surface area contributed by atoms with Crippen molar-refractivity contribution in [3.8, 4) is 11.5 Å². The number of halogens is 1. The second-order valence-corrected chi connectivity index (χ2v) is 6.08. The summed E-state index contributed by atoms with van der Waals surface area (Å²) in [4.78, 5) is 10.5. The minimum Gasteiger partial charge on any atom is -0.497 e. The number of hydrogen-bond donors (Lipinski definition) is 1. The van der Waals surface area contributed by atoms with Gasteiger partial charge in [0.05, 0.1) is 24.6 Å². The van der Waals surface area contributed by atoms with Crippen LogP contribution in [-0.4, -0.2) is 24.8 Å². The number of carboxylic acid groups (broad SMARTS) is 1. The van der Waals surface area contributed by atoms with E-state index < -0.39 is 5.97 Å². The molecule has 0 aliphatic heterocycles. The third-order valence-corrected chi connectivity index (χ3v) is 3.21.